The summed E-state index contributed by atoms with van der Waals surface area (Å²) in [4.78, 5) is 32.4. The predicted molar refractivity (Wildman–Crippen MR) is 110 cm³/mol. The van der Waals surface area contributed by atoms with Gasteiger partial charge in [0.25, 0.3) is 0 Å². The molecule has 0 spiro atoms. The molecular formula is C20H30N4O5. The van der Waals surface area contributed by atoms with Crippen LogP contribution in [-0.4, -0.2) is 68.1 Å². The van der Waals surface area contributed by atoms with Gasteiger partial charge in [0.1, 0.15) is 17.4 Å². The number of rotatable bonds is 7. The van der Waals surface area contributed by atoms with Gasteiger partial charge in [0.15, 0.2) is 0 Å². The third-order valence-electron chi connectivity index (χ3n) is 4.10. The van der Waals surface area contributed by atoms with Crippen molar-refractivity contribution in [2.75, 3.05) is 39.2 Å². The summed E-state index contributed by atoms with van der Waals surface area (Å²) in [6, 6.07) is 5.94. The average molecular weight is 406 g/mol. The molecule has 1 aromatic carbocycles. The second kappa shape index (κ2) is 10.1. The molecule has 9 nitrogen and oxygen atoms in total. The fraction of sp³-hybridized carbons (Fsp3) is 0.550. The molecule has 160 valence electrons. The zero-order valence-corrected chi connectivity index (χ0v) is 17.7. The molecule has 1 fully saturated rings. The first kappa shape index (κ1) is 22.5. The van der Waals surface area contributed by atoms with Crippen molar-refractivity contribution in [3.8, 4) is 5.75 Å². The summed E-state index contributed by atoms with van der Waals surface area (Å²) in [7, 11) is 3.12. The number of nitrogens with one attached hydrogen (secondary N) is 2. The maximum atomic E-state index is 12.9. The van der Waals surface area contributed by atoms with Crippen LogP contribution in [0.25, 0.3) is 0 Å². The SMILES string of the molecule is COCCNC(=O)[C@@H]1CC(=NOC(C)(C)C)CN1C(=O)Nc1cccc(OC)c1. The van der Waals surface area contributed by atoms with Crippen LogP contribution in [0.5, 0.6) is 5.75 Å². The van der Waals surface area contributed by atoms with Crippen molar-refractivity contribution in [2.24, 2.45) is 5.16 Å². The minimum atomic E-state index is -0.681. The molecule has 1 heterocycles. The fourth-order valence-corrected chi connectivity index (χ4v) is 2.71. The molecule has 0 radical (unpaired) electrons. The van der Waals surface area contributed by atoms with E-state index in [2.05, 4.69) is 15.8 Å². The number of urea groups is 1. The third kappa shape index (κ3) is 6.94. The van der Waals surface area contributed by atoms with Gasteiger partial charge in [0.2, 0.25) is 5.91 Å². The smallest absolute Gasteiger partial charge is 0.322 e. The van der Waals surface area contributed by atoms with Crippen molar-refractivity contribution in [2.45, 2.75) is 38.8 Å². The van der Waals surface area contributed by atoms with Crippen LogP contribution < -0.4 is 15.4 Å². The van der Waals surface area contributed by atoms with Crippen LogP contribution in [0.3, 0.4) is 0 Å². The van der Waals surface area contributed by atoms with Crippen molar-refractivity contribution in [3.05, 3.63) is 24.3 Å². The highest BCUT2D eigenvalue weighted by Gasteiger charge is 2.38. The van der Waals surface area contributed by atoms with Crippen molar-refractivity contribution >= 4 is 23.3 Å². The molecule has 1 aliphatic heterocycles. The number of likely N-dealkylation sites (tertiary alicyclic amines) is 1. The maximum Gasteiger partial charge on any atom is 0.322 e. The topological polar surface area (TPSA) is 101 Å². The minimum absolute atomic E-state index is 0.203. The van der Waals surface area contributed by atoms with Crippen LogP contribution in [0, 0.1) is 0 Å². The van der Waals surface area contributed by atoms with Crippen molar-refractivity contribution in [1.82, 2.24) is 10.2 Å². The third-order valence-corrected chi connectivity index (χ3v) is 4.10. The first-order valence-electron chi connectivity index (χ1n) is 9.45. The van der Waals surface area contributed by atoms with Gasteiger partial charge in [-0.25, -0.2) is 4.79 Å². The Hall–Kier alpha value is -2.81. The standard InChI is InChI=1S/C20H30N4O5/c1-20(2,3)29-23-15-12-17(18(25)21-9-10-27-4)24(13-15)19(26)22-14-7-6-8-16(11-14)28-5/h6-8,11,17H,9-10,12-13H2,1-5H3,(H,21,25)(H,22,26)/t17-/m0/s1. The van der Waals surface area contributed by atoms with Crippen LogP contribution >= 0.6 is 0 Å². The van der Waals surface area contributed by atoms with Crippen molar-refractivity contribution in [1.29, 1.82) is 0 Å². The first-order valence-corrected chi connectivity index (χ1v) is 9.45. The monoisotopic (exact) mass is 406 g/mol. The lowest BCUT2D eigenvalue weighted by atomic mass is 10.2. The molecule has 0 bridgehead atoms. The number of carbonyl (C=O) groups excluding carboxylic acids is 2. The van der Waals surface area contributed by atoms with Gasteiger partial charge in [0.05, 0.1) is 26.0 Å². The van der Waals surface area contributed by atoms with Gasteiger partial charge in [-0.1, -0.05) is 11.2 Å². The number of benzene rings is 1. The summed E-state index contributed by atoms with van der Waals surface area (Å²) in [5.74, 6) is 0.364. The first-order chi connectivity index (χ1) is 13.7. The number of hydrogen-bond acceptors (Lipinski definition) is 6. The molecule has 2 N–H and O–H groups in total. The summed E-state index contributed by atoms with van der Waals surface area (Å²) >= 11 is 0. The highest BCUT2D eigenvalue weighted by Crippen LogP contribution is 2.21. The number of anilines is 1. The summed E-state index contributed by atoms with van der Waals surface area (Å²) in [6.07, 6.45) is 0.306. The number of ether oxygens (including phenoxy) is 2. The fourth-order valence-electron chi connectivity index (χ4n) is 2.71. The second-order valence-electron chi connectivity index (χ2n) is 7.65. The molecule has 0 unspecified atom stereocenters. The molecule has 2 rings (SSSR count). The molecule has 29 heavy (non-hydrogen) atoms. The largest absolute Gasteiger partial charge is 0.497 e. The van der Waals surface area contributed by atoms with E-state index < -0.39 is 17.7 Å². The van der Waals surface area contributed by atoms with E-state index in [1.165, 1.54) is 4.90 Å². The quantitative estimate of drug-likeness (QED) is 0.534. The Morgan fingerprint density at radius 3 is 2.69 bits per heavy atom. The zero-order valence-electron chi connectivity index (χ0n) is 17.7. The minimum Gasteiger partial charge on any atom is -0.497 e. The highest BCUT2D eigenvalue weighted by atomic mass is 16.6. The molecule has 0 aliphatic carbocycles. The number of carbonyl (C=O) groups is 2. The van der Waals surface area contributed by atoms with E-state index in [1.807, 2.05) is 20.8 Å². The van der Waals surface area contributed by atoms with E-state index in [0.29, 0.717) is 36.7 Å². The molecule has 1 aliphatic rings. The molecule has 1 atom stereocenters. The van der Waals surface area contributed by atoms with Crippen LogP contribution in [0.2, 0.25) is 0 Å². The summed E-state index contributed by atoms with van der Waals surface area (Å²) in [5.41, 5.74) is 0.747. The molecule has 3 amide bonds. The number of hydrogen-bond donors (Lipinski definition) is 2. The number of oxime groups is 1. The lowest BCUT2D eigenvalue weighted by Crippen LogP contribution is -2.48. The predicted octanol–water partition coefficient (Wildman–Crippen LogP) is 2.24. The molecule has 1 aromatic rings. The molecule has 9 heteroatoms. The van der Waals surface area contributed by atoms with Crippen LogP contribution in [0.15, 0.2) is 29.4 Å². The number of nitrogens with zero attached hydrogens (tertiary/aromatic N) is 2. The van der Waals surface area contributed by atoms with Crippen molar-refractivity contribution in [3.63, 3.8) is 0 Å². The van der Waals surface area contributed by atoms with Crippen LogP contribution in [-0.2, 0) is 14.4 Å². The average Bonchev–Trinajstić information content (AvgIpc) is 3.11. The Bertz CT molecular complexity index is 745. The lowest BCUT2D eigenvalue weighted by molar-refractivity contribution is -0.124. The van der Waals surface area contributed by atoms with Gasteiger partial charge < -0.3 is 29.8 Å². The lowest BCUT2D eigenvalue weighted by Gasteiger charge is -2.23. The van der Waals surface area contributed by atoms with Gasteiger partial charge in [0, 0.05) is 31.8 Å². The van der Waals surface area contributed by atoms with Gasteiger partial charge in [-0.15, -0.1) is 0 Å². The van der Waals surface area contributed by atoms with Crippen molar-refractivity contribution < 1.29 is 23.9 Å². The Labute approximate surface area is 171 Å². The van der Waals surface area contributed by atoms with E-state index >= 15 is 0 Å². The molecule has 0 aromatic heterocycles. The van der Waals surface area contributed by atoms with Crippen LogP contribution in [0.1, 0.15) is 27.2 Å². The van der Waals surface area contributed by atoms with Gasteiger partial charge in [-0.05, 0) is 32.9 Å². The summed E-state index contributed by atoms with van der Waals surface area (Å²) < 4.78 is 10.1. The molecule has 0 saturated carbocycles. The van der Waals surface area contributed by atoms with Gasteiger partial charge >= 0.3 is 6.03 Å². The molecular weight excluding hydrogens is 376 g/mol. The summed E-state index contributed by atoms with van der Waals surface area (Å²) in [5, 5.41) is 9.75. The van der Waals surface area contributed by atoms with Crippen LogP contribution in [0.4, 0.5) is 10.5 Å². The second-order valence-corrected chi connectivity index (χ2v) is 7.65. The van der Waals surface area contributed by atoms with E-state index in [1.54, 1.807) is 38.5 Å². The number of amides is 3. The van der Waals surface area contributed by atoms with Gasteiger partial charge in [-0.2, -0.15) is 0 Å². The van der Waals surface area contributed by atoms with E-state index in [4.69, 9.17) is 14.3 Å². The Balaban J connectivity index is 2.14. The van der Waals surface area contributed by atoms with Gasteiger partial charge in [-0.3, -0.25) is 4.79 Å². The number of methoxy groups -OCH3 is 2. The summed E-state index contributed by atoms with van der Waals surface area (Å²) in [6.45, 7) is 6.61. The van der Waals surface area contributed by atoms with E-state index in [-0.39, 0.29) is 12.5 Å². The normalized spacial score (nSPS) is 17.9. The van der Waals surface area contributed by atoms with E-state index in [0.717, 1.165) is 0 Å². The molecule has 1 saturated heterocycles. The Kier molecular flexibility index (Phi) is 7.83. The Morgan fingerprint density at radius 1 is 1.28 bits per heavy atom. The maximum absolute atomic E-state index is 12.9. The zero-order chi connectivity index (χ0) is 21.4. The highest BCUT2D eigenvalue weighted by molar-refractivity contribution is 6.03. The van der Waals surface area contributed by atoms with E-state index in [9.17, 15) is 9.59 Å². The Morgan fingerprint density at radius 2 is 2.03 bits per heavy atom.